The van der Waals surface area contributed by atoms with Crippen LogP contribution in [-0.2, 0) is 10.0 Å². The molecule has 1 heterocycles. The summed E-state index contributed by atoms with van der Waals surface area (Å²) < 4.78 is 39.8. The molecule has 0 aliphatic carbocycles. The van der Waals surface area contributed by atoms with Gasteiger partial charge in [0, 0.05) is 37.3 Å². The maximum Gasteiger partial charge on any atom is 0.253 e. The Balaban J connectivity index is 1.68. The van der Waals surface area contributed by atoms with Crippen LogP contribution in [0.25, 0.3) is 0 Å². The number of sulfonamides is 1. The number of carbonyl (C=O) groups is 2. The molecule has 1 fully saturated rings. The summed E-state index contributed by atoms with van der Waals surface area (Å²) in [6, 6.07) is 11.1. The van der Waals surface area contributed by atoms with Crippen molar-refractivity contribution in [1.82, 2.24) is 9.21 Å². The molecule has 0 N–H and O–H groups in total. The first kappa shape index (κ1) is 19.2. The van der Waals surface area contributed by atoms with Crippen molar-refractivity contribution in [3.8, 4) is 0 Å². The summed E-state index contributed by atoms with van der Waals surface area (Å²) in [5, 5.41) is 0. The molecule has 1 aliphatic heterocycles. The van der Waals surface area contributed by atoms with Crippen LogP contribution in [0.5, 0.6) is 0 Å². The third-order valence-corrected chi connectivity index (χ3v) is 6.43. The lowest BCUT2D eigenvalue weighted by Gasteiger charge is -2.34. The molecule has 0 spiro atoms. The maximum atomic E-state index is 13.0. The van der Waals surface area contributed by atoms with E-state index in [0.29, 0.717) is 11.1 Å². The van der Waals surface area contributed by atoms with Crippen molar-refractivity contribution in [3.05, 3.63) is 65.5 Å². The monoisotopic (exact) mass is 390 g/mol. The molecule has 27 heavy (non-hydrogen) atoms. The van der Waals surface area contributed by atoms with Gasteiger partial charge in [-0.2, -0.15) is 4.31 Å². The van der Waals surface area contributed by atoms with Gasteiger partial charge in [0.15, 0.2) is 5.78 Å². The zero-order valence-electron chi connectivity index (χ0n) is 14.8. The van der Waals surface area contributed by atoms with Crippen molar-refractivity contribution in [2.45, 2.75) is 11.8 Å². The summed E-state index contributed by atoms with van der Waals surface area (Å²) in [6.07, 6.45) is 0. The van der Waals surface area contributed by atoms with Crippen molar-refractivity contribution >= 4 is 21.7 Å². The first-order valence-corrected chi connectivity index (χ1v) is 9.89. The molecule has 2 aromatic carbocycles. The summed E-state index contributed by atoms with van der Waals surface area (Å²) in [5.74, 6) is -0.803. The van der Waals surface area contributed by atoms with Crippen LogP contribution in [0, 0.1) is 5.82 Å². The van der Waals surface area contributed by atoms with Gasteiger partial charge in [0.1, 0.15) is 5.82 Å². The first-order chi connectivity index (χ1) is 12.8. The summed E-state index contributed by atoms with van der Waals surface area (Å²) in [6.45, 7) is 2.26. The van der Waals surface area contributed by atoms with Gasteiger partial charge in [0.2, 0.25) is 10.0 Å². The van der Waals surface area contributed by atoms with Gasteiger partial charge >= 0.3 is 0 Å². The van der Waals surface area contributed by atoms with E-state index < -0.39 is 15.8 Å². The van der Waals surface area contributed by atoms with Crippen LogP contribution in [0.4, 0.5) is 4.39 Å². The average Bonchev–Trinajstić information content (AvgIpc) is 2.68. The highest BCUT2D eigenvalue weighted by atomic mass is 32.2. The highest BCUT2D eigenvalue weighted by Gasteiger charge is 2.30. The third kappa shape index (κ3) is 4.06. The molecule has 3 rings (SSSR count). The lowest BCUT2D eigenvalue weighted by atomic mass is 10.2. The van der Waals surface area contributed by atoms with Crippen LogP contribution < -0.4 is 0 Å². The molecule has 0 bridgehead atoms. The van der Waals surface area contributed by atoms with Crippen molar-refractivity contribution in [1.29, 1.82) is 0 Å². The van der Waals surface area contributed by atoms with Gasteiger partial charge in [-0.3, -0.25) is 9.59 Å². The summed E-state index contributed by atoms with van der Waals surface area (Å²) in [7, 11) is -3.69. The van der Waals surface area contributed by atoms with Crippen molar-refractivity contribution in [2.24, 2.45) is 0 Å². The number of amides is 1. The Morgan fingerprint density at radius 2 is 1.37 bits per heavy atom. The SMILES string of the molecule is CC(=O)c1ccc(S(=O)(=O)N2CCN(C(=O)c3ccc(F)cc3)CC2)cc1. The van der Waals surface area contributed by atoms with E-state index in [1.165, 1.54) is 59.8 Å². The van der Waals surface area contributed by atoms with E-state index in [2.05, 4.69) is 0 Å². The minimum absolute atomic E-state index is 0.116. The normalized spacial score (nSPS) is 15.6. The zero-order valence-corrected chi connectivity index (χ0v) is 15.6. The molecule has 8 heteroatoms. The van der Waals surface area contributed by atoms with Gasteiger partial charge in [-0.25, -0.2) is 12.8 Å². The number of carbonyl (C=O) groups excluding carboxylic acids is 2. The molecule has 1 aliphatic rings. The van der Waals surface area contributed by atoms with Crippen molar-refractivity contribution in [3.63, 3.8) is 0 Å². The minimum Gasteiger partial charge on any atom is -0.336 e. The molecular formula is C19H19FN2O4S. The zero-order chi connectivity index (χ0) is 19.6. The number of benzene rings is 2. The highest BCUT2D eigenvalue weighted by molar-refractivity contribution is 7.89. The molecule has 0 unspecified atom stereocenters. The molecule has 1 amide bonds. The topological polar surface area (TPSA) is 74.8 Å². The number of nitrogens with zero attached hydrogens (tertiary/aromatic N) is 2. The predicted octanol–water partition coefficient (Wildman–Crippen LogP) is 2.18. The largest absolute Gasteiger partial charge is 0.336 e. The first-order valence-electron chi connectivity index (χ1n) is 8.45. The van der Waals surface area contributed by atoms with Gasteiger partial charge in [-0.1, -0.05) is 12.1 Å². The Morgan fingerprint density at radius 1 is 0.852 bits per heavy atom. The van der Waals surface area contributed by atoms with E-state index in [1.807, 2.05) is 0 Å². The maximum absolute atomic E-state index is 13.0. The molecular weight excluding hydrogens is 371 g/mol. The van der Waals surface area contributed by atoms with Gasteiger partial charge < -0.3 is 4.90 Å². The van der Waals surface area contributed by atoms with Crippen LogP contribution in [0.2, 0.25) is 0 Å². The van der Waals surface area contributed by atoms with Crippen LogP contribution in [0.3, 0.4) is 0 Å². The summed E-state index contributed by atoms with van der Waals surface area (Å²) in [4.78, 5) is 25.4. The fraction of sp³-hybridized carbons (Fsp3) is 0.263. The van der Waals surface area contributed by atoms with Gasteiger partial charge in [-0.15, -0.1) is 0 Å². The third-order valence-electron chi connectivity index (χ3n) is 4.52. The number of Topliss-reactive ketones (excluding diaryl/α,β-unsaturated/α-hetero) is 1. The fourth-order valence-corrected chi connectivity index (χ4v) is 4.34. The standard InChI is InChI=1S/C19H19FN2O4S/c1-14(23)15-4-8-18(9-5-15)27(25,26)22-12-10-21(11-13-22)19(24)16-2-6-17(20)7-3-16/h2-9H,10-13H2,1H3. The van der Waals surface area contributed by atoms with Crippen molar-refractivity contribution in [2.75, 3.05) is 26.2 Å². The predicted molar refractivity (Wildman–Crippen MR) is 97.5 cm³/mol. The van der Waals surface area contributed by atoms with E-state index in [-0.39, 0.29) is 42.8 Å². The Bertz CT molecular complexity index is 948. The van der Waals surface area contributed by atoms with Crippen LogP contribution in [-0.4, -0.2) is 55.5 Å². The van der Waals surface area contributed by atoms with Crippen LogP contribution in [0.1, 0.15) is 27.6 Å². The molecule has 0 radical (unpaired) electrons. The van der Waals surface area contributed by atoms with Gasteiger partial charge in [0.25, 0.3) is 5.91 Å². The Labute approximate surface area is 157 Å². The Hall–Kier alpha value is -2.58. The second-order valence-electron chi connectivity index (χ2n) is 6.28. The summed E-state index contributed by atoms with van der Waals surface area (Å²) in [5.41, 5.74) is 0.816. The van der Waals surface area contributed by atoms with Crippen LogP contribution in [0.15, 0.2) is 53.4 Å². The van der Waals surface area contributed by atoms with E-state index in [1.54, 1.807) is 4.90 Å². The van der Waals surface area contributed by atoms with E-state index in [0.717, 1.165) is 0 Å². The minimum atomic E-state index is -3.69. The van der Waals surface area contributed by atoms with E-state index in [4.69, 9.17) is 0 Å². The average molecular weight is 390 g/mol. The quantitative estimate of drug-likeness (QED) is 0.750. The number of ketones is 1. The number of hydrogen-bond donors (Lipinski definition) is 0. The second-order valence-corrected chi connectivity index (χ2v) is 8.22. The lowest BCUT2D eigenvalue weighted by molar-refractivity contribution is 0.0697. The molecule has 0 saturated carbocycles. The van der Waals surface area contributed by atoms with Crippen LogP contribution >= 0.6 is 0 Å². The molecule has 0 aromatic heterocycles. The second kappa shape index (κ2) is 7.58. The number of hydrogen-bond acceptors (Lipinski definition) is 4. The molecule has 142 valence electrons. The Morgan fingerprint density at radius 3 is 1.89 bits per heavy atom. The Kier molecular flexibility index (Phi) is 5.38. The molecule has 2 aromatic rings. The van der Waals surface area contributed by atoms with E-state index >= 15 is 0 Å². The number of rotatable bonds is 4. The number of halogens is 1. The number of piperazine rings is 1. The van der Waals surface area contributed by atoms with Gasteiger partial charge in [-0.05, 0) is 43.3 Å². The molecule has 1 saturated heterocycles. The van der Waals surface area contributed by atoms with E-state index in [9.17, 15) is 22.4 Å². The highest BCUT2D eigenvalue weighted by Crippen LogP contribution is 2.19. The van der Waals surface area contributed by atoms with Gasteiger partial charge in [0.05, 0.1) is 4.90 Å². The molecule has 0 atom stereocenters. The molecule has 6 nitrogen and oxygen atoms in total. The summed E-state index contributed by atoms with van der Waals surface area (Å²) >= 11 is 0. The lowest BCUT2D eigenvalue weighted by Crippen LogP contribution is -2.50. The van der Waals surface area contributed by atoms with Crippen molar-refractivity contribution < 1.29 is 22.4 Å². The smallest absolute Gasteiger partial charge is 0.253 e. The fourth-order valence-electron chi connectivity index (χ4n) is 2.92.